The van der Waals surface area contributed by atoms with Gasteiger partial charge in [-0.15, -0.1) is 11.6 Å². The lowest BCUT2D eigenvalue weighted by molar-refractivity contribution is -0.384. The van der Waals surface area contributed by atoms with E-state index >= 15 is 0 Å². The number of hydrogen-bond acceptors (Lipinski definition) is 3. The zero-order valence-corrected chi connectivity index (χ0v) is 11.6. The minimum Gasteiger partial charge on any atom is -0.306 e. The molecule has 1 unspecified atom stereocenters. The van der Waals surface area contributed by atoms with E-state index in [1.54, 1.807) is 13.0 Å². The molecule has 1 atom stereocenters. The van der Waals surface area contributed by atoms with Crippen LogP contribution in [0.5, 0.6) is 0 Å². The number of benzene rings is 1. The molecule has 0 aliphatic carbocycles. The van der Waals surface area contributed by atoms with Gasteiger partial charge in [0.2, 0.25) is 5.91 Å². The first kappa shape index (κ1) is 13.8. The molecule has 1 fully saturated rings. The molecule has 1 aromatic carbocycles. The van der Waals surface area contributed by atoms with Crippen LogP contribution in [-0.2, 0) is 4.79 Å². The van der Waals surface area contributed by atoms with E-state index in [4.69, 9.17) is 11.6 Å². The van der Waals surface area contributed by atoms with Crippen molar-refractivity contribution in [1.82, 2.24) is 0 Å². The van der Waals surface area contributed by atoms with E-state index in [0.29, 0.717) is 24.5 Å². The molecule has 0 N–H and O–H groups in total. The van der Waals surface area contributed by atoms with Crippen LogP contribution in [-0.4, -0.2) is 23.3 Å². The topological polar surface area (TPSA) is 63.5 Å². The van der Waals surface area contributed by atoms with Crippen LogP contribution in [0, 0.1) is 29.9 Å². The molecule has 6 heteroatoms. The second kappa shape index (κ2) is 5.17. The Labute approximate surface area is 116 Å². The number of carbonyl (C=O) groups is 1. The number of nitrogens with zero attached hydrogens (tertiary/aromatic N) is 2. The molecule has 5 nitrogen and oxygen atoms in total. The Bertz CT molecular complexity index is 545. The SMILES string of the molecule is Cc1ccc([N+](=O)[O-])c(N2CC(CCl)CC2=O)c1C. The molecular weight excluding hydrogens is 268 g/mol. The molecule has 102 valence electrons. The Morgan fingerprint density at radius 2 is 2.16 bits per heavy atom. The number of amides is 1. The van der Waals surface area contributed by atoms with Crippen molar-refractivity contribution >= 4 is 28.9 Å². The third kappa shape index (κ3) is 2.42. The Morgan fingerprint density at radius 1 is 1.47 bits per heavy atom. The molecule has 0 spiro atoms. The van der Waals surface area contributed by atoms with Gasteiger partial charge in [-0.3, -0.25) is 14.9 Å². The molecule has 0 saturated carbocycles. The Hall–Kier alpha value is -1.62. The summed E-state index contributed by atoms with van der Waals surface area (Å²) in [7, 11) is 0. The van der Waals surface area contributed by atoms with Crippen molar-refractivity contribution in [2.75, 3.05) is 17.3 Å². The number of nitro benzene ring substituents is 1. The normalized spacial score (nSPS) is 19.0. The van der Waals surface area contributed by atoms with E-state index in [1.807, 2.05) is 6.92 Å². The van der Waals surface area contributed by atoms with Crippen LogP contribution in [0.3, 0.4) is 0 Å². The smallest absolute Gasteiger partial charge is 0.293 e. The van der Waals surface area contributed by atoms with E-state index < -0.39 is 4.92 Å². The highest BCUT2D eigenvalue weighted by molar-refractivity contribution is 6.18. The molecule has 0 radical (unpaired) electrons. The average molecular weight is 283 g/mol. The molecule has 1 aliphatic heterocycles. The summed E-state index contributed by atoms with van der Waals surface area (Å²) in [6, 6.07) is 3.16. The molecule has 1 amide bonds. The van der Waals surface area contributed by atoms with Gasteiger partial charge in [-0.25, -0.2) is 0 Å². The van der Waals surface area contributed by atoms with Gasteiger partial charge in [-0.2, -0.15) is 0 Å². The quantitative estimate of drug-likeness (QED) is 0.486. The van der Waals surface area contributed by atoms with E-state index in [9.17, 15) is 14.9 Å². The first-order chi connectivity index (χ1) is 8.95. The number of carbonyl (C=O) groups excluding carboxylic acids is 1. The summed E-state index contributed by atoms with van der Waals surface area (Å²) in [5.41, 5.74) is 2.11. The van der Waals surface area contributed by atoms with Crippen molar-refractivity contribution in [3.63, 3.8) is 0 Å². The van der Waals surface area contributed by atoms with Crippen LogP contribution in [0.1, 0.15) is 17.5 Å². The molecule has 1 aliphatic rings. The lowest BCUT2D eigenvalue weighted by Crippen LogP contribution is -2.26. The molecule has 1 aromatic rings. The number of rotatable bonds is 3. The number of alkyl halides is 1. The van der Waals surface area contributed by atoms with Crippen LogP contribution in [0.2, 0.25) is 0 Å². The maximum absolute atomic E-state index is 12.0. The number of nitro groups is 1. The first-order valence-corrected chi connectivity index (χ1v) is 6.60. The van der Waals surface area contributed by atoms with Gasteiger partial charge >= 0.3 is 0 Å². The highest BCUT2D eigenvalue weighted by Gasteiger charge is 2.35. The van der Waals surface area contributed by atoms with Gasteiger partial charge < -0.3 is 4.90 Å². The summed E-state index contributed by atoms with van der Waals surface area (Å²) in [6.07, 6.45) is 0.355. The Kier molecular flexibility index (Phi) is 3.75. The number of halogens is 1. The largest absolute Gasteiger partial charge is 0.306 e. The van der Waals surface area contributed by atoms with Crippen LogP contribution in [0.4, 0.5) is 11.4 Å². The zero-order chi connectivity index (χ0) is 14.2. The molecule has 2 rings (SSSR count). The van der Waals surface area contributed by atoms with Gasteiger partial charge in [0, 0.05) is 24.9 Å². The van der Waals surface area contributed by atoms with Crippen LogP contribution in [0.15, 0.2) is 12.1 Å². The number of aryl methyl sites for hydroxylation is 1. The van der Waals surface area contributed by atoms with Crippen LogP contribution >= 0.6 is 11.6 Å². The van der Waals surface area contributed by atoms with Gasteiger partial charge in [0.25, 0.3) is 5.69 Å². The summed E-state index contributed by atoms with van der Waals surface area (Å²) in [5.74, 6) is 0.358. The number of hydrogen-bond donors (Lipinski definition) is 0. The predicted octanol–water partition coefficient (Wildman–Crippen LogP) is 2.80. The summed E-state index contributed by atoms with van der Waals surface area (Å²) in [4.78, 5) is 24.2. The van der Waals surface area contributed by atoms with Gasteiger partial charge in [0.15, 0.2) is 0 Å². The van der Waals surface area contributed by atoms with Crippen molar-refractivity contribution < 1.29 is 9.72 Å². The van der Waals surface area contributed by atoms with Crippen molar-refractivity contribution in [2.45, 2.75) is 20.3 Å². The van der Waals surface area contributed by atoms with Gasteiger partial charge in [-0.1, -0.05) is 6.07 Å². The summed E-state index contributed by atoms with van der Waals surface area (Å²) in [6.45, 7) is 4.13. The highest BCUT2D eigenvalue weighted by atomic mass is 35.5. The average Bonchev–Trinajstić information content (AvgIpc) is 2.73. The lowest BCUT2D eigenvalue weighted by Gasteiger charge is -2.20. The summed E-state index contributed by atoms with van der Waals surface area (Å²) in [5, 5.41) is 11.1. The second-order valence-corrected chi connectivity index (χ2v) is 5.17. The predicted molar refractivity (Wildman–Crippen MR) is 73.8 cm³/mol. The maximum Gasteiger partial charge on any atom is 0.293 e. The fourth-order valence-corrected chi connectivity index (χ4v) is 2.58. The molecule has 0 bridgehead atoms. The van der Waals surface area contributed by atoms with Gasteiger partial charge in [0.1, 0.15) is 5.69 Å². The molecule has 1 saturated heterocycles. The Balaban J connectivity index is 2.52. The molecular formula is C13H15ClN2O3. The van der Waals surface area contributed by atoms with E-state index in [1.165, 1.54) is 11.0 Å². The minimum atomic E-state index is -0.441. The second-order valence-electron chi connectivity index (χ2n) is 4.86. The van der Waals surface area contributed by atoms with Gasteiger partial charge in [0.05, 0.1) is 4.92 Å². The molecule has 1 heterocycles. The van der Waals surface area contributed by atoms with Crippen molar-refractivity contribution in [1.29, 1.82) is 0 Å². The third-order valence-electron chi connectivity index (χ3n) is 3.57. The standard InChI is InChI=1S/C13H15ClN2O3/c1-8-3-4-11(16(18)19)13(9(8)2)15-7-10(6-14)5-12(15)17/h3-4,10H,5-7H2,1-2H3. The van der Waals surface area contributed by atoms with Gasteiger partial charge in [-0.05, 0) is 30.9 Å². The van der Waals surface area contributed by atoms with Crippen molar-refractivity contribution in [3.05, 3.63) is 33.4 Å². The molecule has 0 aromatic heterocycles. The van der Waals surface area contributed by atoms with E-state index in [-0.39, 0.29) is 17.5 Å². The van der Waals surface area contributed by atoms with E-state index in [0.717, 1.165) is 11.1 Å². The zero-order valence-electron chi connectivity index (χ0n) is 10.9. The minimum absolute atomic E-state index is 0.0216. The monoisotopic (exact) mass is 282 g/mol. The summed E-state index contributed by atoms with van der Waals surface area (Å²) < 4.78 is 0. The van der Waals surface area contributed by atoms with Crippen molar-refractivity contribution in [3.8, 4) is 0 Å². The summed E-state index contributed by atoms with van der Waals surface area (Å²) >= 11 is 5.79. The molecule has 19 heavy (non-hydrogen) atoms. The lowest BCUT2D eigenvalue weighted by atomic mass is 10.1. The van der Waals surface area contributed by atoms with E-state index in [2.05, 4.69) is 0 Å². The van der Waals surface area contributed by atoms with Crippen LogP contribution < -0.4 is 4.90 Å². The maximum atomic E-state index is 12.0. The Morgan fingerprint density at radius 3 is 2.68 bits per heavy atom. The first-order valence-electron chi connectivity index (χ1n) is 6.06. The number of anilines is 1. The highest BCUT2D eigenvalue weighted by Crippen LogP contribution is 2.37. The third-order valence-corrected chi connectivity index (χ3v) is 4.01. The van der Waals surface area contributed by atoms with Crippen LogP contribution in [0.25, 0.3) is 0 Å². The fourth-order valence-electron chi connectivity index (χ4n) is 2.38. The van der Waals surface area contributed by atoms with Crippen molar-refractivity contribution in [2.24, 2.45) is 5.92 Å². The fraction of sp³-hybridized carbons (Fsp3) is 0.462.